The van der Waals surface area contributed by atoms with Gasteiger partial charge in [0.2, 0.25) is 5.91 Å². The fourth-order valence-corrected chi connectivity index (χ4v) is 4.68. The van der Waals surface area contributed by atoms with Gasteiger partial charge in [0.05, 0.1) is 5.69 Å². The first-order valence-corrected chi connectivity index (χ1v) is 8.73. The molecule has 6 nitrogen and oxygen atoms in total. The van der Waals surface area contributed by atoms with Crippen molar-refractivity contribution < 1.29 is 19.8 Å². The van der Waals surface area contributed by atoms with Crippen molar-refractivity contribution in [1.82, 2.24) is 4.98 Å². The lowest BCUT2D eigenvalue weighted by molar-refractivity contribution is -0.116. The van der Waals surface area contributed by atoms with Crippen LogP contribution in [-0.2, 0) is 17.6 Å². The van der Waals surface area contributed by atoms with Crippen molar-refractivity contribution in [3.8, 4) is 5.75 Å². The molecular weight excluding hydrogens is 328 g/mol. The molecule has 0 spiro atoms. The number of aromatic carboxylic acids is 1. The monoisotopic (exact) mass is 344 g/mol. The van der Waals surface area contributed by atoms with Gasteiger partial charge in [-0.05, 0) is 37.3 Å². The van der Waals surface area contributed by atoms with E-state index in [9.17, 15) is 19.8 Å². The molecule has 2 heterocycles. The van der Waals surface area contributed by atoms with Crippen LogP contribution in [0.25, 0.3) is 0 Å². The van der Waals surface area contributed by atoms with Crippen molar-refractivity contribution in [3.05, 3.63) is 38.8 Å². The number of carboxylic acid groups (broad SMARTS) is 1. The third-order valence-corrected chi connectivity index (χ3v) is 5.87. The number of aryl methyl sites for hydroxylation is 2. The molecule has 124 valence electrons. The minimum atomic E-state index is -1.19. The third-order valence-electron chi connectivity index (χ3n) is 4.60. The number of anilines is 1. The summed E-state index contributed by atoms with van der Waals surface area (Å²) in [5, 5.41) is 22.7. The van der Waals surface area contributed by atoms with Crippen LogP contribution in [-0.4, -0.2) is 27.1 Å². The first-order valence-electron chi connectivity index (χ1n) is 7.91. The fourth-order valence-electron chi connectivity index (χ4n) is 3.41. The molecule has 1 amide bonds. The van der Waals surface area contributed by atoms with Gasteiger partial charge in [0.1, 0.15) is 16.3 Å². The molecule has 2 aliphatic rings. The van der Waals surface area contributed by atoms with Gasteiger partial charge in [-0.15, -0.1) is 11.3 Å². The molecule has 4 rings (SSSR count). The Morgan fingerprint density at radius 1 is 1.29 bits per heavy atom. The number of amides is 1. The molecule has 7 heteroatoms. The third kappa shape index (κ3) is 2.45. The molecule has 0 bridgehead atoms. The smallest absolute Gasteiger partial charge is 0.339 e. The Labute approximate surface area is 142 Å². The quantitative estimate of drug-likeness (QED) is 0.778. The molecule has 3 N–H and O–H groups in total. The number of rotatable bonds is 2. The maximum atomic E-state index is 12.1. The van der Waals surface area contributed by atoms with Crippen LogP contribution in [0.3, 0.4) is 0 Å². The van der Waals surface area contributed by atoms with Gasteiger partial charge in [0.15, 0.2) is 0 Å². The van der Waals surface area contributed by atoms with Crippen LogP contribution < -0.4 is 5.32 Å². The number of thiazole rings is 1. The summed E-state index contributed by atoms with van der Waals surface area (Å²) in [4.78, 5) is 29.4. The Bertz CT molecular complexity index is 835. The van der Waals surface area contributed by atoms with E-state index in [-0.39, 0.29) is 29.6 Å². The van der Waals surface area contributed by atoms with Crippen LogP contribution >= 0.6 is 11.3 Å². The minimum absolute atomic E-state index is 0.150. The van der Waals surface area contributed by atoms with Crippen molar-refractivity contribution in [2.24, 2.45) is 0 Å². The number of carbonyl (C=O) groups is 2. The van der Waals surface area contributed by atoms with Gasteiger partial charge in [-0.3, -0.25) is 4.79 Å². The number of carbonyl (C=O) groups excluding carboxylic acids is 1. The van der Waals surface area contributed by atoms with E-state index in [0.29, 0.717) is 11.3 Å². The molecule has 0 fully saturated rings. The van der Waals surface area contributed by atoms with Crippen LogP contribution in [0.5, 0.6) is 5.75 Å². The molecule has 0 saturated heterocycles. The van der Waals surface area contributed by atoms with Crippen LogP contribution in [0.15, 0.2) is 12.1 Å². The summed E-state index contributed by atoms with van der Waals surface area (Å²) >= 11 is 1.62. The number of carboxylic acids is 1. The number of hydrogen-bond acceptors (Lipinski definition) is 5. The topological polar surface area (TPSA) is 99.5 Å². The molecule has 24 heavy (non-hydrogen) atoms. The second-order valence-electron chi connectivity index (χ2n) is 6.20. The van der Waals surface area contributed by atoms with E-state index >= 15 is 0 Å². The predicted octanol–water partition coefficient (Wildman–Crippen LogP) is 2.90. The highest BCUT2D eigenvalue weighted by molar-refractivity contribution is 7.11. The van der Waals surface area contributed by atoms with Gasteiger partial charge < -0.3 is 15.5 Å². The summed E-state index contributed by atoms with van der Waals surface area (Å²) in [5.41, 5.74) is 2.13. The summed E-state index contributed by atoms with van der Waals surface area (Å²) in [6.07, 6.45) is 4.52. The number of nitrogens with zero attached hydrogens (tertiary/aromatic N) is 1. The highest BCUT2D eigenvalue weighted by Gasteiger charge is 2.32. The van der Waals surface area contributed by atoms with Crippen LogP contribution in [0, 0.1) is 0 Å². The Balaban J connectivity index is 1.83. The van der Waals surface area contributed by atoms with E-state index in [1.807, 2.05) is 0 Å². The summed E-state index contributed by atoms with van der Waals surface area (Å²) in [5.74, 6) is -1.95. The number of hydrogen-bond donors (Lipinski definition) is 3. The number of aromatic hydroxyl groups is 1. The molecule has 1 aliphatic carbocycles. The number of phenols is 1. The average Bonchev–Trinajstić information content (AvgIpc) is 2.96. The molecule has 2 aromatic rings. The van der Waals surface area contributed by atoms with Crippen molar-refractivity contribution in [2.75, 3.05) is 5.32 Å². The largest absolute Gasteiger partial charge is 0.507 e. The van der Waals surface area contributed by atoms with Crippen LogP contribution in [0.4, 0.5) is 5.69 Å². The number of nitrogens with one attached hydrogen (secondary N) is 1. The summed E-state index contributed by atoms with van der Waals surface area (Å²) in [6.45, 7) is 0. The zero-order chi connectivity index (χ0) is 16.8. The van der Waals surface area contributed by atoms with Gasteiger partial charge in [-0.2, -0.15) is 0 Å². The highest BCUT2D eigenvalue weighted by Crippen LogP contribution is 2.42. The molecule has 1 aromatic heterocycles. The lowest BCUT2D eigenvalue weighted by Crippen LogP contribution is -2.24. The molecule has 0 saturated carbocycles. The first-order chi connectivity index (χ1) is 11.5. The van der Waals surface area contributed by atoms with Gasteiger partial charge >= 0.3 is 5.97 Å². The second kappa shape index (κ2) is 5.59. The standard InChI is InChI=1S/C17H16N2O4S/c20-13-7-12-8(5-10(13)17(22)23)9(6-15(21)18-12)16-19-11-3-1-2-4-14(11)24-16/h5,7,9,20H,1-4,6H2,(H,18,21)(H,22,23)/t9-/m1/s1. The molecule has 0 unspecified atom stereocenters. The maximum absolute atomic E-state index is 12.1. The second-order valence-corrected chi connectivity index (χ2v) is 7.31. The summed E-state index contributed by atoms with van der Waals surface area (Å²) in [7, 11) is 0. The van der Waals surface area contributed by atoms with Gasteiger partial charge in [-0.1, -0.05) is 0 Å². The Kier molecular flexibility index (Phi) is 3.53. The van der Waals surface area contributed by atoms with E-state index in [2.05, 4.69) is 5.32 Å². The van der Waals surface area contributed by atoms with Crippen molar-refractivity contribution in [2.45, 2.75) is 38.0 Å². The molecule has 1 atom stereocenters. The number of benzene rings is 1. The maximum Gasteiger partial charge on any atom is 0.339 e. The molecular formula is C17H16N2O4S. The van der Waals surface area contributed by atoms with Crippen molar-refractivity contribution in [3.63, 3.8) is 0 Å². The number of fused-ring (bicyclic) bond motifs is 2. The lowest BCUT2D eigenvalue weighted by Gasteiger charge is -2.25. The Morgan fingerprint density at radius 2 is 2.08 bits per heavy atom. The van der Waals surface area contributed by atoms with E-state index in [1.165, 1.54) is 17.0 Å². The van der Waals surface area contributed by atoms with E-state index in [0.717, 1.165) is 36.4 Å². The molecule has 1 aromatic carbocycles. The summed E-state index contributed by atoms with van der Waals surface area (Å²) < 4.78 is 0. The normalized spacial score (nSPS) is 19.3. The summed E-state index contributed by atoms with van der Waals surface area (Å²) in [6, 6.07) is 2.77. The van der Waals surface area contributed by atoms with E-state index in [4.69, 9.17) is 4.98 Å². The first kappa shape index (κ1) is 15.1. The zero-order valence-corrected chi connectivity index (χ0v) is 13.7. The lowest BCUT2D eigenvalue weighted by atomic mass is 9.89. The average molecular weight is 344 g/mol. The highest BCUT2D eigenvalue weighted by atomic mass is 32.1. The van der Waals surface area contributed by atoms with Gasteiger partial charge in [0.25, 0.3) is 0 Å². The molecule has 0 radical (unpaired) electrons. The minimum Gasteiger partial charge on any atom is -0.507 e. The Morgan fingerprint density at radius 3 is 2.83 bits per heavy atom. The number of aromatic nitrogens is 1. The van der Waals surface area contributed by atoms with E-state index in [1.54, 1.807) is 11.3 Å². The predicted molar refractivity (Wildman–Crippen MR) is 88.9 cm³/mol. The molecule has 1 aliphatic heterocycles. The zero-order valence-electron chi connectivity index (χ0n) is 12.8. The Hall–Kier alpha value is -2.41. The van der Waals surface area contributed by atoms with Gasteiger partial charge in [-0.25, -0.2) is 9.78 Å². The van der Waals surface area contributed by atoms with Crippen molar-refractivity contribution in [1.29, 1.82) is 0 Å². The van der Waals surface area contributed by atoms with Crippen molar-refractivity contribution >= 4 is 28.9 Å². The van der Waals surface area contributed by atoms with E-state index < -0.39 is 5.97 Å². The fraction of sp³-hybridized carbons (Fsp3) is 0.353. The SMILES string of the molecule is O=C1C[C@@H](c2nc3c(s2)CCCC3)c2cc(C(=O)O)c(O)cc2N1. The van der Waals surface area contributed by atoms with Gasteiger partial charge in [0, 0.05) is 29.0 Å². The van der Waals surface area contributed by atoms with Crippen LogP contribution in [0.1, 0.15) is 56.7 Å². The van der Waals surface area contributed by atoms with Crippen LogP contribution in [0.2, 0.25) is 0 Å².